The van der Waals surface area contributed by atoms with Crippen LogP contribution in [0.5, 0.6) is 0 Å². The number of non-ortho nitro benzene ring substituents is 1. The van der Waals surface area contributed by atoms with E-state index in [0.29, 0.717) is 35.5 Å². The Kier molecular flexibility index (Phi) is 7.58. The van der Waals surface area contributed by atoms with Crippen molar-refractivity contribution >= 4 is 17.3 Å². The van der Waals surface area contributed by atoms with E-state index in [0.717, 1.165) is 44.3 Å². The van der Waals surface area contributed by atoms with Gasteiger partial charge in [0, 0.05) is 42.4 Å². The van der Waals surface area contributed by atoms with Crippen molar-refractivity contribution < 1.29 is 9.31 Å². The van der Waals surface area contributed by atoms with E-state index in [9.17, 15) is 14.5 Å². The number of hydrogen-bond acceptors (Lipinski definition) is 4. The highest BCUT2D eigenvalue weighted by Crippen LogP contribution is 2.30. The van der Waals surface area contributed by atoms with Gasteiger partial charge < -0.3 is 5.73 Å². The van der Waals surface area contributed by atoms with Gasteiger partial charge in [0.2, 0.25) is 0 Å². The summed E-state index contributed by atoms with van der Waals surface area (Å²) < 4.78 is 14.4. The Hall–Kier alpha value is -2.02. The highest BCUT2D eigenvalue weighted by molar-refractivity contribution is 6.31. The van der Waals surface area contributed by atoms with E-state index in [2.05, 4.69) is 4.90 Å². The molecule has 0 spiro atoms. The molecule has 1 saturated carbocycles. The first-order chi connectivity index (χ1) is 14.0. The normalized spacial score (nSPS) is 19.4. The predicted octanol–water partition coefficient (Wildman–Crippen LogP) is 5.15. The summed E-state index contributed by atoms with van der Waals surface area (Å²) in [6, 6.07) is 11.3. The van der Waals surface area contributed by atoms with Gasteiger partial charge in [0.25, 0.3) is 5.69 Å². The fourth-order valence-corrected chi connectivity index (χ4v) is 4.31. The van der Waals surface area contributed by atoms with E-state index in [1.807, 2.05) is 0 Å². The van der Waals surface area contributed by atoms with Crippen molar-refractivity contribution in [3.63, 3.8) is 0 Å². The summed E-state index contributed by atoms with van der Waals surface area (Å²) in [5.74, 6) is 0.829. The molecule has 1 aliphatic carbocycles. The van der Waals surface area contributed by atoms with Crippen LogP contribution < -0.4 is 5.73 Å². The van der Waals surface area contributed by atoms with E-state index in [1.165, 1.54) is 18.2 Å². The Morgan fingerprint density at radius 2 is 1.72 bits per heavy atom. The van der Waals surface area contributed by atoms with Crippen molar-refractivity contribution in [2.75, 3.05) is 13.1 Å². The SMILES string of the molecule is NCC1CCC(CN(Cc2ccc([N+](=O)[O-])cc2)Cc2c(F)cccc2Cl)CC1. The molecule has 0 aliphatic heterocycles. The molecule has 5 nitrogen and oxygen atoms in total. The minimum absolute atomic E-state index is 0.0672. The topological polar surface area (TPSA) is 72.4 Å². The predicted molar refractivity (Wildman–Crippen MR) is 113 cm³/mol. The van der Waals surface area contributed by atoms with Crippen molar-refractivity contribution in [2.45, 2.75) is 38.8 Å². The van der Waals surface area contributed by atoms with Crippen molar-refractivity contribution in [1.29, 1.82) is 0 Å². The lowest BCUT2D eigenvalue weighted by atomic mass is 9.82. The minimum Gasteiger partial charge on any atom is -0.330 e. The zero-order chi connectivity index (χ0) is 20.8. The summed E-state index contributed by atoms with van der Waals surface area (Å²) in [5, 5.41) is 11.3. The molecule has 29 heavy (non-hydrogen) atoms. The van der Waals surface area contributed by atoms with Gasteiger partial charge in [-0.3, -0.25) is 15.0 Å². The number of nitro benzene ring substituents is 1. The van der Waals surface area contributed by atoms with Crippen LogP contribution in [0.15, 0.2) is 42.5 Å². The Morgan fingerprint density at radius 3 is 2.31 bits per heavy atom. The maximum atomic E-state index is 14.4. The molecule has 7 heteroatoms. The zero-order valence-electron chi connectivity index (χ0n) is 16.4. The van der Waals surface area contributed by atoms with Gasteiger partial charge in [-0.25, -0.2) is 4.39 Å². The van der Waals surface area contributed by atoms with Crippen molar-refractivity contribution in [3.05, 3.63) is 74.5 Å². The average Bonchev–Trinajstić information content (AvgIpc) is 2.71. The van der Waals surface area contributed by atoms with Gasteiger partial charge in [-0.2, -0.15) is 0 Å². The summed E-state index contributed by atoms with van der Waals surface area (Å²) in [7, 11) is 0. The molecule has 0 aromatic heterocycles. The fourth-order valence-electron chi connectivity index (χ4n) is 4.09. The minimum atomic E-state index is -0.406. The van der Waals surface area contributed by atoms with E-state index in [-0.39, 0.29) is 11.5 Å². The van der Waals surface area contributed by atoms with Gasteiger partial charge in [-0.1, -0.05) is 29.8 Å². The second-order valence-electron chi connectivity index (χ2n) is 7.92. The number of benzene rings is 2. The second-order valence-corrected chi connectivity index (χ2v) is 8.32. The molecular formula is C22H27ClFN3O2. The smallest absolute Gasteiger partial charge is 0.269 e. The van der Waals surface area contributed by atoms with Gasteiger partial charge in [-0.05, 0) is 61.8 Å². The number of nitro groups is 1. The fraction of sp³-hybridized carbons (Fsp3) is 0.455. The zero-order valence-corrected chi connectivity index (χ0v) is 17.2. The summed E-state index contributed by atoms with van der Waals surface area (Å²) in [6.07, 6.45) is 4.49. The number of rotatable bonds is 8. The van der Waals surface area contributed by atoms with Crippen LogP contribution in [0, 0.1) is 27.8 Å². The largest absolute Gasteiger partial charge is 0.330 e. The molecule has 0 bridgehead atoms. The van der Waals surface area contributed by atoms with Crippen LogP contribution in [-0.4, -0.2) is 22.9 Å². The lowest BCUT2D eigenvalue weighted by molar-refractivity contribution is -0.384. The quantitative estimate of drug-likeness (QED) is 0.474. The molecule has 0 atom stereocenters. The molecule has 2 N–H and O–H groups in total. The highest BCUT2D eigenvalue weighted by Gasteiger charge is 2.23. The Morgan fingerprint density at radius 1 is 1.07 bits per heavy atom. The summed E-state index contributed by atoms with van der Waals surface area (Å²) in [4.78, 5) is 12.7. The first-order valence-electron chi connectivity index (χ1n) is 10.0. The Labute approximate surface area is 175 Å². The third-order valence-corrected chi connectivity index (χ3v) is 6.17. The third kappa shape index (κ3) is 5.98. The lowest BCUT2D eigenvalue weighted by Gasteiger charge is -2.32. The van der Waals surface area contributed by atoms with Crippen LogP contribution in [0.1, 0.15) is 36.8 Å². The van der Waals surface area contributed by atoms with Crippen LogP contribution in [0.2, 0.25) is 5.02 Å². The second kappa shape index (κ2) is 10.1. The first-order valence-corrected chi connectivity index (χ1v) is 10.4. The van der Waals surface area contributed by atoms with Gasteiger partial charge in [-0.15, -0.1) is 0 Å². The number of hydrogen-bond donors (Lipinski definition) is 1. The van der Waals surface area contributed by atoms with E-state index < -0.39 is 4.92 Å². The van der Waals surface area contributed by atoms with Crippen LogP contribution in [0.4, 0.5) is 10.1 Å². The summed E-state index contributed by atoms with van der Waals surface area (Å²) in [6.45, 7) is 2.56. The van der Waals surface area contributed by atoms with Gasteiger partial charge >= 0.3 is 0 Å². The first kappa shape index (κ1) is 21.7. The lowest BCUT2D eigenvalue weighted by Crippen LogP contribution is -2.32. The van der Waals surface area contributed by atoms with Crippen LogP contribution in [0.25, 0.3) is 0 Å². The van der Waals surface area contributed by atoms with Crippen LogP contribution >= 0.6 is 11.6 Å². The molecule has 0 radical (unpaired) electrons. The molecule has 156 valence electrons. The van der Waals surface area contributed by atoms with E-state index in [1.54, 1.807) is 24.3 Å². The van der Waals surface area contributed by atoms with Crippen molar-refractivity contribution in [3.8, 4) is 0 Å². The molecular weight excluding hydrogens is 393 g/mol. The Balaban J connectivity index is 1.74. The van der Waals surface area contributed by atoms with Crippen LogP contribution in [0.3, 0.4) is 0 Å². The van der Waals surface area contributed by atoms with E-state index >= 15 is 0 Å². The molecule has 2 aromatic rings. The third-order valence-electron chi connectivity index (χ3n) is 5.81. The van der Waals surface area contributed by atoms with E-state index in [4.69, 9.17) is 17.3 Å². The standard InChI is InChI=1S/C22H27ClFN3O2/c23-21-2-1-3-22(24)20(21)15-26(13-17-6-4-16(12-25)5-7-17)14-18-8-10-19(11-9-18)27(28)29/h1-3,8-11,16-17H,4-7,12-15,25H2. The van der Waals surface area contributed by atoms with Gasteiger partial charge in [0.15, 0.2) is 0 Å². The molecule has 1 fully saturated rings. The van der Waals surface area contributed by atoms with Crippen molar-refractivity contribution in [1.82, 2.24) is 4.90 Å². The molecule has 2 aromatic carbocycles. The van der Waals surface area contributed by atoms with Gasteiger partial charge in [0.1, 0.15) is 5.82 Å². The highest BCUT2D eigenvalue weighted by atomic mass is 35.5. The molecule has 0 saturated heterocycles. The molecule has 0 unspecified atom stereocenters. The summed E-state index contributed by atoms with van der Waals surface area (Å²) in [5.41, 5.74) is 7.32. The monoisotopic (exact) mass is 419 g/mol. The maximum Gasteiger partial charge on any atom is 0.269 e. The molecule has 1 aliphatic rings. The number of nitrogens with two attached hydrogens (primary N) is 1. The van der Waals surface area contributed by atoms with Crippen molar-refractivity contribution in [2.24, 2.45) is 17.6 Å². The average molecular weight is 420 g/mol. The number of nitrogens with zero attached hydrogens (tertiary/aromatic N) is 2. The molecule has 0 heterocycles. The Bertz CT molecular complexity index is 803. The summed E-state index contributed by atoms with van der Waals surface area (Å²) >= 11 is 6.26. The molecule has 3 rings (SSSR count). The maximum absolute atomic E-state index is 14.4. The van der Waals surface area contributed by atoms with Gasteiger partial charge in [0.05, 0.1) is 4.92 Å². The molecule has 0 amide bonds. The number of halogens is 2. The van der Waals surface area contributed by atoms with Crippen LogP contribution in [-0.2, 0) is 13.1 Å².